The third kappa shape index (κ3) is 2.92. The van der Waals surface area contributed by atoms with E-state index in [0.717, 1.165) is 22.4 Å². The second-order valence-electron chi connectivity index (χ2n) is 5.46. The fourth-order valence-electron chi connectivity index (χ4n) is 2.67. The molecule has 0 radical (unpaired) electrons. The SMILES string of the molecule is c1ccc(Nc2ccc3cc(-c4ccccc4)ccc3n2)cc1. The third-order valence-corrected chi connectivity index (χ3v) is 3.84. The maximum absolute atomic E-state index is 4.69. The number of para-hydroxylation sites is 1. The van der Waals surface area contributed by atoms with Crippen molar-refractivity contribution in [3.8, 4) is 11.1 Å². The summed E-state index contributed by atoms with van der Waals surface area (Å²) >= 11 is 0. The molecule has 4 aromatic rings. The first-order valence-electron chi connectivity index (χ1n) is 7.67. The summed E-state index contributed by atoms with van der Waals surface area (Å²) in [7, 11) is 0. The molecule has 1 aromatic heterocycles. The number of aromatic nitrogens is 1. The molecule has 0 saturated carbocycles. The van der Waals surface area contributed by atoms with Gasteiger partial charge in [-0.3, -0.25) is 0 Å². The summed E-state index contributed by atoms with van der Waals surface area (Å²) in [5.41, 5.74) is 4.47. The number of hydrogen-bond donors (Lipinski definition) is 1. The predicted octanol–water partition coefficient (Wildman–Crippen LogP) is 5.65. The molecule has 1 N–H and O–H groups in total. The standard InChI is InChI=1S/C21H16N2/c1-3-7-16(8-4-1)17-11-13-20-18(15-17)12-14-21(23-20)22-19-9-5-2-6-10-19/h1-15H,(H,22,23). The van der Waals surface area contributed by atoms with Crippen molar-refractivity contribution >= 4 is 22.4 Å². The molecule has 0 saturated heterocycles. The van der Waals surface area contributed by atoms with Gasteiger partial charge in [0, 0.05) is 11.1 Å². The topological polar surface area (TPSA) is 24.9 Å². The first-order chi connectivity index (χ1) is 11.4. The number of fused-ring (bicyclic) bond motifs is 1. The molecule has 23 heavy (non-hydrogen) atoms. The highest BCUT2D eigenvalue weighted by Crippen LogP contribution is 2.25. The summed E-state index contributed by atoms with van der Waals surface area (Å²) in [5, 5.41) is 4.47. The van der Waals surface area contributed by atoms with Gasteiger partial charge in [0.1, 0.15) is 5.82 Å². The van der Waals surface area contributed by atoms with E-state index in [1.165, 1.54) is 11.1 Å². The van der Waals surface area contributed by atoms with Gasteiger partial charge >= 0.3 is 0 Å². The molecule has 0 fully saturated rings. The zero-order valence-electron chi connectivity index (χ0n) is 12.6. The molecule has 3 aromatic carbocycles. The summed E-state index contributed by atoms with van der Waals surface area (Å²) in [5.74, 6) is 0.858. The summed E-state index contributed by atoms with van der Waals surface area (Å²) in [6.07, 6.45) is 0. The molecule has 0 unspecified atom stereocenters. The van der Waals surface area contributed by atoms with Crippen molar-refractivity contribution in [1.29, 1.82) is 0 Å². The van der Waals surface area contributed by atoms with Gasteiger partial charge in [0.15, 0.2) is 0 Å². The molecule has 0 amide bonds. The van der Waals surface area contributed by atoms with Crippen LogP contribution in [0, 0.1) is 0 Å². The maximum Gasteiger partial charge on any atom is 0.131 e. The van der Waals surface area contributed by atoms with Gasteiger partial charge in [-0.1, -0.05) is 54.6 Å². The van der Waals surface area contributed by atoms with Crippen LogP contribution in [-0.2, 0) is 0 Å². The molecule has 4 rings (SSSR count). The van der Waals surface area contributed by atoms with Crippen molar-refractivity contribution in [2.75, 3.05) is 5.32 Å². The lowest BCUT2D eigenvalue weighted by molar-refractivity contribution is 1.37. The molecule has 2 nitrogen and oxygen atoms in total. The van der Waals surface area contributed by atoms with Crippen molar-refractivity contribution < 1.29 is 0 Å². The zero-order chi connectivity index (χ0) is 15.5. The minimum absolute atomic E-state index is 0.858. The Balaban J connectivity index is 1.68. The Morgan fingerprint density at radius 1 is 0.609 bits per heavy atom. The van der Waals surface area contributed by atoms with E-state index in [-0.39, 0.29) is 0 Å². The molecule has 1 heterocycles. The average molecular weight is 296 g/mol. The van der Waals surface area contributed by atoms with E-state index in [1.807, 2.05) is 42.5 Å². The molecule has 0 spiro atoms. The summed E-state index contributed by atoms with van der Waals surface area (Å²) in [6, 6.07) is 31.0. The molecule has 0 atom stereocenters. The Morgan fingerprint density at radius 2 is 1.35 bits per heavy atom. The van der Waals surface area contributed by atoms with Gasteiger partial charge in [0.25, 0.3) is 0 Å². The Kier molecular flexibility index (Phi) is 3.49. The van der Waals surface area contributed by atoms with Gasteiger partial charge < -0.3 is 5.32 Å². The van der Waals surface area contributed by atoms with Crippen LogP contribution in [-0.4, -0.2) is 4.98 Å². The average Bonchev–Trinajstić information content (AvgIpc) is 2.63. The highest BCUT2D eigenvalue weighted by molar-refractivity contribution is 5.86. The molecular formula is C21H16N2. The highest BCUT2D eigenvalue weighted by atomic mass is 15.0. The van der Waals surface area contributed by atoms with Crippen LogP contribution in [0.25, 0.3) is 22.0 Å². The molecular weight excluding hydrogens is 280 g/mol. The second-order valence-corrected chi connectivity index (χ2v) is 5.46. The Bertz CT molecular complexity index is 931. The van der Waals surface area contributed by atoms with Gasteiger partial charge in [-0.25, -0.2) is 4.98 Å². The van der Waals surface area contributed by atoms with E-state index in [2.05, 4.69) is 53.8 Å². The summed E-state index contributed by atoms with van der Waals surface area (Å²) in [6.45, 7) is 0. The molecule has 110 valence electrons. The van der Waals surface area contributed by atoms with Crippen LogP contribution in [0.15, 0.2) is 91.0 Å². The first-order valence-corrected chi connectivity index (χ1v) is 7.67. The largest absolute Gasteiger partial charge is 0.340 e. The molecule has 0 aliphatic heterocycles. The van der Waals surface area contributed by atoms with Crippen molar-refractivity contribution in [3.05, 3.63) is 91.0 Å². The van der Waals surface area contributed by atoms with E-state index < -0.39 is 0 Å². The van der Waals surface area contributed by atoms with Gasteiger partial charge in [0.2, 0.25) is 0 Å². The number of pyridine rings is 1. The third-order valence-electron chi connectivity index (χ3n) is 3.84. The van der Waals surface area contributed by atoms with Gasteiger partial charge in [0.05, 0.1) is 5.52 Å². The monoisotopic (exact) mass is 296 g/mol. The van der Waals surface area contributed by atoms with Crippen LogP contribution in [0.3, 0.4) is 0 Å². The lowest BCUT2D eigenvalue weighted by atomic mass is 10.0. The fourth-order valence-corrected chi connectivity index (χ4v) is 2.67. The summed E-state index contributed by atoms with van der Waals surface area (Å²) < 4.78 is 0. The van der Waals surface area contributed by atoms with Crippen LogP contribution in [0.2, 0.25) is 0 Å². The molecule has 0 bridgehead atoms. The lowest BCUT2D eigenvalue weighted by Gasteiger charge is -2.08. The normalized spacial score (nSPS) is 10.6. The first kappa shape index (κ1) is 13.5. The number of rotatable bonds is 3. The second kappa shape index (κ2) is 5.93. The minimum Gasteiger partial charge on any atom is -0.340 e. The minimum atomic E-state index is 0.858. The number of hydrogen-bond acceptors (Lipinski definition) is 2. The lowest BCUT2D eigenvalue weighted by Crippen LogP contribution is -1.93. The van der Waals surface area contributed by atoms with Crippen LogP contribution in [0.5, 0.6) is 0 Å². The van der Waals surface area contributed by atoms with Gasteiger partial charge in [-0.2, -0.15) is 0 Å². The Labute approximate surface area is 135 Å². The van der Waals surface area contributed by atoms with E-state index in [0.29, 0.717) is 0 Å². The molecule has 0 aliphatic carbocycles. The Morgan fingerprint density at radius 3 is 2.13 bits per heavy atom. The zero-order valence-corrected chi connectivity index (χ0v) is 12.6. The van der Waals surface area contributed by atoms with E-state index >= 15 is 0 Å². The Hall–Kier alpha value is -3.13. The van der Waals surface area contributed by atoms with Crippen molar-refractivity contribution in [3.63, 3.8) is 0 Å². The number of nitrogens with one attached hydrogen (secondary N) is 1. The van der Waals surface area contributed by atoms with E-state index in [9.17, 15) is 0 Å². The number of nitrogens with zero attached hydrogens (tertiary/aromatic N) is 1. The number of anilines is 2. The van der Waals surface area contributed by atoms with Gasteiger partial charge in [-0.05, 0) is 47.5 Å². The smallest absolute Gasteiger partial charge is 0.131 e. The van der Waals surface area contributed by atoms with Crippen molar-refractivity contribution in [2.45, 2.75) is 0 Å². The quantitative estimate of drug-likeness (QED) is 0.528. The van der Waals surface area contributed by atoms with Crippen molar-refractivity contribution in [2.24, 2.45) is 0 Å². The van der Waals surface area contributed by atoms with Crippen LogP contribution < -0.4 is 5.32 Å². The number of benzene rings is 3. The molecule has 0 aliphatic rings. The highest BCUT2D eigenvalue weighted by Gasteiger charge is 2.02. The predicted molar refractivity (Wildman–Crippen MR) is 96.9 cm³/mol. The van der Waals surface area contributed by atoms with Crippen LogP contribution >= 0.6 is 0 Å². The van der Waals surface area contributed by atoms with Crippen molar-refractivity contribution in [1.82, 2.24) is 4.98 Å². The van der Waals surface area contributed by atoms with E-state index in [4.69, 9.17) is 4.98 Å². The van der Waals surface area contributed by atoms with Gasteiger partial charge in [-0.15, -0.1) is 0 Å². The summed E-state index contributed by atoms with van der Waals surface area (Å²) in [4.78, 5) is 4.69. The van der Waals surface area contributed by atoms with Crippen LogP contribution in [0.1, 0.15) is 0 Å². The van der Waals surface area contributed by atoms with Crippen LogP contribution in [0.4, 0.5) is 11.5 Å². The maximum atomic E-state index is 4.69. The molecule has 2 heteroatoms. The fraction of sp³-hybridized carbons (Fsp3) is 0. The van der Waals surface area contributed by atoms with E-state index in [1.54, 1.807) is 0 Å².